The van der Waals surface area contributed by atoms with Crippen LogP contribution in [0.25, 0.3) is 11.3 Å². The van der Waals surface area contributed by atoms with Crippen molar-refractivity contribution in [1.82, 2.24) is 4.90 Å². The third-order valence-corrected chi connectivity index (χ3v) is 6.16. The maximum absolute atomic E-state index is 13.6. The highest BCUT2D eigenvalue weighted by molar-refractivity contribution is 6.37. The van der Waals surface area contributed by atoms with E-state index in [-0.39, 0.29) is 5.91 Å². The quantitative estimate of drug-likeness (QED) is 0.745. The number of amides is 1. The van der Waals surface area contributed by atoms with E-state index in [1.54, 1.807) is 0 Å². The van der Waals surface area contributed by atoms with Crippen molar-refractivity contribution >= 4 is 28.6 Å². The molecule has 1 amide bonds. The van der Waals surface area contributed by atoms with E-state index in [0.717, 1.165) is 46.9 Å². The number of likely N-dealkylation sites (tertiary alicyclic amines) is 1. The molecule has 150 valence electrons. The van der Waals surface area contributed by atoms with Gasteiger partial charge in [-0.2, -0.15) is 0 Å². The Morgan fingerprint density at radius 2 is 1.79 bits per heavy atom. The summed E-state index contributed by atoms with van der Waals surface area (Å²) in [6, 6.07) is 14.4. The molecule has 0 spiro atoms. The molecule has 0 bridgehead atoms. The van der Waals surface area contributed by atoms with Crippen LogP contribution < -0.4 is 9.80 Å². The number of carbonyl (C=O) groups is 1. The first kappa shape index (κ1) is 18.3. The molecule has 0 N–H and O–H groups in total. The molecule has 3 heterocycles. The van der Waals surface area contributed by atoms with Gasteiger partial charge in [0.15, 0.2) is 0 Å². The smallest absolute Gasteiger partial charge is 0.263 e. The van der Waals surface area contributed by atoms with Gasteiger partial charge in [-0.15, -0.1) is 0 Å². The minimum atomic E-state index is 0.0521. The molecule has 5 rings (SSSR count). The largest absolute Gasteiger partial charge is 0.487 e. The van der Waals surface area contributed by atoms with Gasteiger partial charge in [0.25, 0.3) is 5.91 Å². The van der Waals surface area contributed by atoms with Gasteiger partial charge in [-0.05, 0) is 50.2 Å². The fraction of sp³-hybridized carbons (Fsp3) is 0.375. The van der Waals surface area contributed by atoms with Gasteiger partial charge in [-0.1, -0.05) is 24.6 Å². The second-order valence-corrected chi connectivity index (χ2v) is 8.30. The van der Waals surface area contributed by atoms with Crippen LogP contribution in [0.4, 0.5) is 11.4 Å². The van der Waals surface area contributed by atoms with E-state index in [4.69, 9.17) is 4.74 Å². The predicted molar refractivity (Wildman–Crippen MR) is 117 cm³/mol. The number of hydrogen-bond acceptors (Lipinski definition) is 4. The SMILES string of the molecule is CN(C)c1ccc2c(c1)CO/C2=C1/C(=O)N(CN2CCCCC2)c2ccccc21. The van der Waals surface area contributed by atoms with Crippen molar-refractivity contribution in [2.24, 2.45) is 0 Å². The first-order valence-electron chi connectivity index (χ1n) is 10.4. The van der Waals surface area contributed by atoms with Crippen molar-refractivity contribution in [3.63, 3.8) is 0 Å². The molecule has 0 saturated carbocycles. The Balaban J connectivity index is 1.55. The summed E-state index contributed by atoms with van der Waals surface area (Å²) in [4.78, 5) is 20.0. The summed E-state index contributed by atoms with van der Waals surface area (Å²) in [5, 5.41) is 0. The van der Waals surface area contributed by atoms with E-state index in [1.165, 1.54) is 19.3 Å². The normalized spacial score (nSPS) is 21.2. The van der Waals surface area contributed by atoms with Gasteiger partial charge >= 0.3 is 0 Å². The minimum Gasteiger partial charge on any atom is -0.487 e. The van der Waals surface area contributed by atoms with Crippen molar-refractivity contribution in [3.8, 4) is 0 Å². The number of carbonyl (C=O) groups excluding carboxylic acids is 1. The van der Waals surface area contributed by atoms with Gasteiger partial charge < -0.3 is 9.64 Å². The van der Waals surface area contributed by atoms with E-state index < -0.39 is 0 Å². The zero-order valence-electron chi connectivity index (χ0n) is 17.1. The van der Waals surface area contributed by atoms with Gasteiger partial charge in [0.2, 0.25) is 0 Å². The molecule has 0 unspecified atom stereocenters. The Labute approximate surface area is 172 Å². The van der Waals surface area contributed by atoms with Crippen molar-refractivity contribution < 1.29 is 9.53 Å². The van der Waals surface area contributed by atoms with Crippen LogP contribution in [0.2, 0.25) is 0 Å². The Morgan fingerprint density at radius 1 is 1.00 bits per heavy atom. The Kier molecular flexibility index (Phi) is 4.55. The molecule has 3 aliphatic heterocycles. The van der Waals surface area contributed by atoms with E-state index in [0.29, 0.717) is 18.8 Å². The predicted octanol–water partition coefficient (Wildman–Crippen LogP) is 3.94. The van der Waals surface area contributed by atoms with Gasteiger partial charge in [0, 0.05) is 36.5 Å². The van der Waals surface area contributed by atoms with Crippen LogP contribution in [0.1, 0.15) is 36.0 Å². The van der Waals surface area contributed by atoms with Crippen LogP contribution in [-0.4, -0.2) is 44.7 Å². The maximum atomic E-state index is 13.6. The Hall–Kier alpha value is -2.79. The summed E-state index contributed by atoms with van der Waals surface area (Å²) in [7, 11) is 4.07. The van der Waals surface area contributed by atoms with E-state index in [9.17, 15) is 4.79 Å². The number of anilines is 2. The summed E-state index contributed by atoms with van der Waals surface area (Å²) >= 11 is 0. The van der Waals surface area contributed by atoms with Crippen molar-refractivity contribution in [3.05, 3.63) is 59.2 Å². The number of fused-ring (bicyclic) bond motifs is 2. The van der Waals surface area contributed by atoms with Gasteiger partial charge in [0.1, 0.15) is 12.4 Å². The molecule has 2 aromatic carbocycles. The van der Waals surface area contributed by atoms with Crippen LogP contribution in [0, 0.1) is 0 Å². The monoisotopic (exact) mass is 389 g/mol. The molecule has 5 nitrogen and oxygen atoms in total. The fourth-order valence-corrected chi connectivity index (χ4v) is 4.57. The van der Waals surface area contributed by atoms with E-state index in [2.05, 4.69) is 34.1 Å². The number of hydrogen-bond donors (Lipinski definition) is 0. The zero-order chi connectivity index (χ0) is 20.0. The average molecular weight is 389 g/mol. The lowest BCUT2D eigenvalue weighted by atomic mass is 10.00. The second kappa shape index (κ2) is 7.23. The third kappa shape index (κ3) is 3.10. The lowest BCUT2D eigenvalue weighted by Gasteiger charge is -2.30. The van der Waals surface area contributed by atoms with Crippen molar-refractivity contribution in [2.45, 2.75) is 25.9 Å². The highest BCUT2D eigenvalue weighted by Gasteiger charge is 2.38. The number of nitrogens with zero attached hydrogens (tertiary/aromatic N) is 3. The second-order valence-electron chi connectivity index (χ2n) is 8.30. The molecular weight excluding hydrogens is 362 g/mol. The Morgan fingerprint density at radius 3 is 2.59 bits per heavy atom. The molecule has 0 atom stereocenters. The lowest BCUT2D eigenvalue weighted by Crippen LogP contribution is -2.42. The molecule has 0 radical (unpaired) electrons. The van der Waals surface area contributed by atoms with Crippen LogP contribution in [0.5, 0.6) is 0 Å². The fourth-order valence-electron chi connectivity index (χ4n) is 4.57. The number of para-hydroxylation sites is 1. The van der Waals surface area contributed by atoms with E-state index >= 15 is 0 Å². The van der Waals surface area contributed by atoms with Crippen LogP contribution in [0.15, 0.2) is 42.5 Å². The number of piperidine rings is 1. The highest BCUT2D eigenvalue weighted by atomic mass is 16.5. The molecule has 3 aliphatic rings. The lowest BCUT2D eigenvalue weighted by molar-refractivity contribution is -0.113. The Bertz CT molecular complexity index is 989. The summed E-state index contributed by atoms with van der Waals surface area (Å²) in [6.07, 6.45) is 3.71. The average Bonchev–Trinajstić information content (AvgIpc) is 3.27. The van der Waals surface area contributed by atoms with E-state index in [1.807, 2.05) is 37.2 Å². The molecule has 1 saturated heterocycles. The summed E-state index contributed by atoms with van der Waals surface area (Å²) in [6.45, 7) is 3.28. The summed E-state index contributed by atoms with van der Waals surface area (Å²) in [5.41, 5.74) is 5.99. The van der Waals surface area contributed by atoms with Crippen LogP contribution in [-0.2, 0) is 16.1 Å². The number of benzene rings is 2. The topological polar surface area (TPSA) is 36.0 Å². The molecule has 0 aliphatic carbocycles. The molecule has 5 heteroatoms. The standard InChI is InChI=1S/C24H27N3O2/c1-25(2)18-10-11-19-17(14-18)15-29-23(19)22-20-8-4-5-9-21(20)27(24(22)28)16-26-12-6-3-7-13-26/h4-5,8-11,14H,3,6-7,12-13,15-16H2,1-2H3/b23-22+. The zero-order valence-corrected chi connectivity index (χ0v) is 17.1. The minimum absolute atomic E-state index is 0.0521. The van der Waals surface area contributed by atoms with Gasteiger partial charge in [0.05, 0.1) is 17.9 Å². The van der Waals surface area contributed by atoms with Crippen molar-refractivity contribution in [1.29, 1.82) is 0 Å². The first-order valence-corrected chi connectivity index (χ1v) is 10.4. The maximum Gasteiger partial charge on any atom is 0.263 e. The van der Waals surface area contributed by atoms with Crippen LogP contribution in [0.3, 0.4) is 0 Å². The molecule has 1 fully saturated rings. The van der Waals surface area contributed by atoms with Gasteiger partial charge in [-0.25, -0.2) is 0 Å². The first-order chi connectivity index (χ1) is 14.1. The molecule has 29 heavy (non-hydrogen) atoms. The highest BCUT2D eigenvalue weighted by Crippen LogP contribution is 2.44. The van der Waals surface area contributed by atoms with Gasteiger partial charge in [-0.3, -0.25) is 14.6 Å². The summed E-state index contributed by atoms with van der Waals surface area (Å²) < 4.78 is 6.11. The molecule has 2 aromatic rings. The third-order valence-electron chi connectivity index (χ3n) is 6.16. The molecular formula is C24H27N3O2. The summed E-state index contributed by atoms with van der Waals surface area (Å²) in [5.74, 6) is 0.778. The number of rotatable bonds is 3. The van der Waals surface area contributed by atoms with Crippen molar-refractivity contribution in [2.75, 3.05) is 43.7 Å². The van der Waals surface area contributed by atoms with Crippen LogP contribution >= 0.6 is 0 Å². The molecule has 0 aromatic heterocycles. The number of ether oxygens (including phenoxy) is 1.